The number of aryl methyl sites for hydroxylation is 1. The van der Waals surface area contributed by atoms with Gasteiger partial charge in [0.1, 0.15) is 12.6 Å². The van der Waals surface area contributed by atoms with Crippen LogP contribution in [0.3, 0.4) is 0 Å². The molecule has 2 aromatic heterocycles. The fourth-order valence-corrected chi connectivity index (χ4v) is 2.70. The molecule has 124 valence electrons. The van der Waals surface area contributed by atoms with Crippen molar-refractivity contribution in [1.82, 2.24) is 20.0 Å². The number of nitrogens with zero attached hydrogens (tertiary/aromatic N) is 5. The maximum atomic E-state index is 12.7. The molecule has 1 amide bonds. The first kappa shape index (κ1) is 15.9. The number of pyridine rings is 1. The number of nitriles is 1. The summed E-state index contributed by atoms with van der Waals surface area (Å²) in [6.45, 7) is 6.40. The van der Waals surface area contributed by atoms with Gasteiger partial charge in [-0.3, -0.25) is 4.79 Å². The second kappa shape index (κ2) is 5.92. The highest BCUT2D eigenvalue weighted by molar-refractivity contribution is 5.84. The van der Waals surface area contributed by atoms with Crippen LogP contribution in [-0.4, -0.2) is 38.6 Å². The highest BCUT2D eigenvalue weighted by atomic mass is 16.5. The van der Waals surface area contributed by atoms with Gasteiger partial charge in [-0.25, -0.2) is 4.98 Å². The van der Waals surface area contributed by atoms with Crippen molar-refractivity contribution >= 4 is 5.91 Å². The van der Waals surface area contributed by atoms with E-state index in [1.165, 1.54) is 6.20 Å². The van der Waals surface area contributed by atoms with E-state index in [0.717, 1.165) is 0 Å². The molecule has 1 aliphatic heterocycles. The number of rotatable bonds is 4. The van der Waals surface area contributed by atoms with Gasteiger partial charge in [0.2, 0.25) is 11.8 Å². The Labute approximate surface area is 139 Å². The molecule has 0 spiro atoms. The van der Waals surface area contributed by atoms with Crippen LogP contribution in [0.15, 0.2) is 22.9 Å². The van der Waals surface area contributed by atoms with Gasteiger partial charge in [0, 0.05) is 24.2 Å². The Bertz CT molecular complexity index is 791. The van der Waals surface area contributed by atoms with Gasteiger partial charge in [-0.15, -0.1) is 0 Å². The van der Waals surface area contributed by atoms with E-state index in [2.05, 4.69) is 15.1 Å². The minimum absolute atomic E-state index is 0.151. The van der Waals surface area contributed by atoms with Crippen molar-refractivity contribution in [2.24, 2.45) is 5.41 Å². The van der Waals surface area contributed by atoms with Gasteiger partial charge in [0.15, 0.2) is 11.9 Å². The fourth-order valence-electron chi connectivity index (χ4n) is 2.70. The molecule has 0 radical (unpaired) electrons. The van der Waals surface area contributed by atoms with Crippen molar-refractivity contribution in [3.8, 4) is 11.9 Å². The summed E-state index contributed by atoms with van der Waals surface area (Å²) in [6, 6.07) is 5.19. The van der Waals surface area contributed by atoms with E-state index in [4.69, 9.17) is 14.5 Å². The highest BCUT2D eigenvalue weighted by Gasteiger charge is 2.48. The van der Waals surface area contributed by atoms with Gasteiger partial charge in [-0.2, -0.15) is 10.2 Å². The van der Waals surface area contributed by atoms with E-state index in [9.17, 15) is 4.79 Å². The van der Waals surface area contributed by atoms with Gasteiger partial charge < -0.3 is 14.2 Å². The van der Waals surface area contributed by atoms with E-state index < -0.39 is 11.5 Å². The molecule has 1 saturated heterocycles. The molecule has 8 heteroatoms. The first-order valence-electron chi connectivity index (χ1n) is 7.50. The van der Waals surface area contributed by atoms with Crippen molar-refractivity contribution < 1.29 is 14.1 Å². The van der Waals surface area contributed by atoms with Crippen molar-refractivity contribution in [3.05, 3.63) is 35.6 Å². The quantitative estimate of drug-likeness (QED) is 0.837. The molecule has 1 atom stereocenters. The molecule has 0 aliphatic carbocycles. The predicted molar refractivity (Wildman–Crippen MR) is 81.6 cm³/mol. The Morgan fingerprint density at radius 3 is 2.88 bits per heavy atom. The van der Waals surface area contributed by atoms with Crippen molar-refractivity contribution in [2.45, 2.75) is 33.4 Å². The van der Waals surface area contributed by atoms with E-state index in [1.54, 1.807) is 24.0 Å². The van der Waals surface area contributed by atoms with Crippen LogP contribution in [0.1, 0.15) is 31.1 Å². The minimum Gasteiger partial charge on any atom is -0.464 e. The maximum Gasteiger partial charge on any atom is 0.264 e. The number of carbonyl (C=O) groups excluding carboxylic acids is 1. The number of hydrogen-bond acceptors (Lipinski definition) is 7. The molecule has 24 heavy (non-hydrogen) atoms. The molecule has 0 N–H and O–H groups in total. The van der Waals surface area contributed by atoms with Gasteiger partial charge in [-0.05, 0) is 13.0 Å². The first-order chi connectivity index (χ1) is 11.4. The molecule has 3 rings (SSSR count). The molecule has 2 aromatic rings. The third-order valence-corrected chi connectivity index (χ3v) is 3.84. The lowest BCUT2D eigenvalue weighted by molar-refractivity contribution is -0.135. The summed E-state index contributed by atoms with van der Waals surface area (Å²) >= 11 is 0. The molecular formula is C16H17N5O3. The summed E-state index contributed by atoms with van der Waals surface area (Å²) in [5.74, 6) is 1.09. The Hall–Kier alpha value is -2.95. The van der Waals surface area contributed by atoms with Crippen LogP contribution in [0.25, 0.3) is 0 Å². The lowest BCUT2D eigenvalue weighted by atomic mass is 9.89. The molecule has 0 aromatic carbocycles. The number of aromatic nitrogens is 3. The second-order valence-corrected chi connectivity index (χ2v) is 6.41. The van der Waals surface area contributed by atoms with Crippen LogP contribution < -0.4 is 4.74 Å². The molecule has 0 unspecified atom stereocenters. The summed E-state index contributed by atoms with van der Waals surface area (Å²) in [5.41, 5.74) is 0.0367. The van der Waals surface area contributed by atoms with Crippen molar-refractivity contribution in [1.29, 1.82) is 5.26 Å². The van der Waals surface area contributed by atoms with Crippen molar-refractivity contribution in [2.75, 3.05) is 6.54 Å². The van der Waals surface area contributed by atoms with Crippen LogP contribution in [0, 0.1) is 23.7 Å². The lowest BCUT2D eigenvalue weighted by Crippen LogP contribution is -2.36. The largest absolute Gasteiger partial charge is 0.464 e. The topological polar surface area (TPSA) is 105 Å². The predicted octanol–water partition coefficient (Wildman–Crippen LogP) is 1.46. The molecule has 8 nitrogen and oxygen atoms in total. The maximum absolute atomic E-state index is 12.7. The summed E-state index contributed by atoms with van der Waals surface area (Å²) in [4.78, 5) is 22.5. The number of hydrogen-bond donors (Lipinski definition) is 0. The molecule has 3 heterocycles. The van der Waals surface area contributed by atoms with Crippen LogP contribution >= 0.6 is 0 Å². The monoisotopic (exact) mass is 327 g/mol. The Kier molecular flexibility index (Phi) is 3.93. The normalized spacial score (nSPS) is 19.3. The molecule has 0 saturated carbocycles. The second-order valence-electron chi connectivity index (χ2n) is 6.41. The molecule has 0 bridgehead atoms. The Morgan fingerprint density at radius 1 is 1.50 bits per heavy atom. The third kappa shape index (κ3) is 3.06. The number of amides is 1. The van der Waals surface area contributed by atoms with E-state index >= 15 is 0 Å². The summed E-state index contributed by atoms with van der Waals surface area (Å²) in [7, 11) is 0. The van der Waals surface area contributed by atoms with E-state index in [-0.39, 0.29) is 12.5 Å². The zero-order valence-corrected chi connectivity index (χ0v) is 13.7. The average molecular weight is 327 g/mol. The first-order valence-corrected chi connectivity index (χ1v) is 7.50. The highest BCUT2D eigenvalue weighted by Crippen LogP contribution is 2.34. The molecule has 1 aliphatic rings. The van der Waals surface area contributed by atoms with Gasteiger partial charge >= 0.3 is 0 Å². The number of ether oxygens (including phenoxy) is 1. The Morgan fingerprint density at radius 2 is 2.29 bits per heavy atom. The van der Waals surface area contributed by atoms with Crippen LogP contribution in [-0.2, 0) is 11.3 Å². The van der Waals surface area contributed by atoms with Crippen molar-refractivity contribution in [3.63, 3.8) is 0 Å². The third-order valence-electron chi connectivity index (χ3n) is 3.84. The van der Waals surface area contributed by atoms with Crippen LogP contribution in [0.5, 0.6) is 5.88 Å². The van der Waals surface area contributed by atoms with E-state index in [1.807, 2.05) is 19.9 Å². The van der Waals surface area contributed by atoms with Gasteiger partial charge in [0.25, 0.3) is 5.91 Å². The minimum atomic E-state index is -0.665. The summed E-state index contributed by atoms with van der Waals surface area (Å²) in [6.07, 6.45) is 0.753. The number of carbonyl (C=O) groups is 1. The summed E-state index contributed by atoms with van der Waals surface area (Å²) in [5, 5.41) is 12.5. The van der Waals surface area contributed by atoms with Gasteiger partial charge in [-0.1, -0.05) is 19.0 Å². The lowest BCUT2D eigenvalue weighted by Gasteiger charge is -2.23. The van der Waals surface area contributed by atoms with Crippen LogP contribution in [0.4, 0.5) is 0 Å². The molecule has 1 fully saturated rings. The zero-order chi connectivity index (χ0) is 17.3. The Balaban J connectivity index is 1.74. The summed E-state index contributed by atoms with van der Waals surface area (Å²) < 4.78 is 10.9. The molecular weight excluding hydrogens is 310 g/mol. The standard InChI is InChI=1S/C16H17N5O3/c1-10-19-13(24-20-10)8-21-9-16(2,3)14(15(21)22)23-12-5-4-11(6-17)7-18-12/h4-5,7,14H,8-9H2,1-3H3/t14-/m0/s1. The van der Waals surface area contributed by atoms with Crippen LogP contribution in [0.2, 0.25) is 0 Å². The average Bonchev–Trinajstić information content (AvgIpc) is 3.04. The number of likely N-dealkylation sites (tertiary alicyclic amines) is 1. The van der Waals surface area contributed by atoms with E-state index in [0.29, 0.717) is 29.7 Å². The zero-order valence-electron chi connectivity index (χ0n) is 13.7. The van der Waals surface area contributed by atoms with Gasteiger partial charge in [0.05, 0.1) is 5.56 Å². The smallest absolute Gasteiger partial charge is 0.264 e. The SMILES string of the molecule is Cc1noc(CN2CC(C)(C)[C@@H](Oc3ccc(C#N)cn3)C2=O)n1. The fraction of sp³-hybridized carbons (Fsp3) is 0.438.